The number of halogens is 1. The maximum atomic E-state index is 15.0. The molecule has 2 atom stereocenters. The van der Waals surface area contributed by atoms with Gasteiger partial charge in [0, 0.05) is 56.1 Å². The summed E-state index contributed by atoms with van der Waals surface area (Å²) in [5.74, 6) is -0.0492. The molecule has 2 aromatic carbocycles. The first-order valence-electron chi connectivity index (χ1n) is 18.2. The molecule has 2 aromatic heterocycles. The van der Waals surface area contributed by atoms with Gasteiger partial charge in [-0.15, -0.1) is 0 Å². The van der Waals surface area contributed by atoms with E-state index >= 15 is 0 Å². The molecule has 0 unspecified atom stereocenters. The van der Waals surface area contributed by atoms with Crippen LogP contribution in [0.4, 0.5) is 4.79 Å². The lowest BCUT2D eigenvalue weighted by atomic mass is 9.95. The van der Waals surface area contributed by atoms with E-state index in [4.69, 9.17) is 9.72 Å². The summed E-state index contributed by atoms with van der Waals surface area (Å²) in [6, 6.07) is 20.1. The minimum absolute atomic E-state index is 0.0492. The molecule has 2 fully saturated rings. The second kappa shape index (κ2) is 15.9. The molecule has 2 amide bonds. The van der Waals surface area contributed by atoms with Crippen LogP contribution in [0.1, 0.15) is 78.2 Å². The van der Waals surface area contributed by atoms with Crippen molar-refractivity contribution in [2.24, 2.45) is 0 Å². The minimum Gasteiger partial charge on any atom is -0.446 e. The van der Waals surface area contributed by atoms with Crippen LogP contribution in [-0.4, -0.2) is 79.6 Å². The third kappa shape index (κ3) is 7.97. The number of carbonyl (C=O) groups excluding carboxylic acids is 2. The maximum Gasteiger partial charge on any atom is 0.410 e. The number of hydrogen-bond donors (Lipinski definition) is 0. The molecule has 1 aliphatic heterocycles. The van der Waals surface area contributed by atoms with Crippen molar-refractivity contribution in [3.8, 4) is 0 Å². The predicted octanol–water partition coefficient (Wildman–Crippen LogP) is 7.11. The number of hydrogen-bond acceptors (Lipinski definition) is 6. The number of nitrogens with zero attached hydrogens (tertiary/aromatic N) is 6. The first-order chi connectivity index (χ1) is 24.4. The topological polar surface area (TPSA) is 83.8 Å². The number of benzene rings is 2. The van der Waals surface area contributed by atoms with Crippen LogP contribution >= 0.6 is 15.9 Å². The predicted molar refractivity (Wildman–Crippen MR) is 196 cm³/mol. The van der Waals surface area contributed by atoms with Crippen LogP contribution in [0, 0.1) is 6.92 Å². The number of rotatable bonds is 9. The van der Waals surface area contributed by atoms with E-state index in [1.807, 2.05) is 48.7 Å². The standard InChI is InChI=1S/C40H47BrN6O3/c1-29-25-44(28-43-29)19-10-20-46(26-30-11-4-2-5-12-30)39(48)36-27-45(21-22-47(36)40(49)50-34-14-6-3-7-15-34)38-35-16-9-8-13-31(35)17-18-32-23-33(41)24-42-37(32)38/h2,4-5,8-9,11-13,16,23-25,28,34,36,38H,3,6-7,10,14-15,17-22,26-27H2,1H3/t36-,38-/m1/s1. The molecule has 262 valence electrons. The van der Waals surface area contributed by atoms with E-state index in [-0.39, 0.29) is 24.1 Å². The number of pyridine rings is 1. The van der Waals surface area contributed by atoms with Gasteiger partial charge in [-0.1, -0.05) is 61.0 Å². The van der Waals surface area contributed by atoms with Gasteiger partial charge < -0.3 is 14.2 Å². The fourth-order valence-electron chi connectivity index (χ4n) is 7.93. The van der Waals surface area contributed by atoms with E-state index < -0.39 is 6.04 Å². The maximum absolute atomic E-state index is 15.0. The summed E-state index contributed by atoms with van der Waals surface area (Å²) in [6.07, 6.45) is 13.0. The summed E-state index contributed by atoms with van der Waals surface area (Å²) < 4.78 is 9.18. The number of aryl methyl sites for hydroxylation is 4. The monoisotopic (exact) mass is 738 g/mol. The Bertz CT molecular complexity index is 1770. The van der Waals surface area contributed by atoms with E-state index in [0.717, 1.165) is 72.9 Å². The molecule has 7 rings (SSSR count). The molecular weight excluding hydrogens is 692 g/mol. The van der Waals surface area contributed by atoms with Crippen molar-refractivity contribution in [2.75, 3.05) is 26.2 Å². The molecule has 50 heavy (non-hydrogen) atoms. The second-order valence-corrected chi connectivity index (χ2v) is 14.9. The summed E-state index contributed by atoms with van der Waals surface area (Å²) in [4.78, 5) is 44.4. The molecule has 0 N–H and O–H groups in total. The van der Waals surface area contributed by atoms with E-state index in [1.165, 1.54) is 23.1 Å². The van der Waals surface area contributed by atoms with Crippen molar-refractivity contribution in [1.82, 2.24) is 29.2 Å². The Labute approximate surface area is 303 Å². The average molecular weight is 740 g/mol. The number of fused-ring (bicyclic) bond motifs is 2. The fourth-order valence-corrected chi connectivity index (χ4v) is 8.31. The lowest BCUT2D eigenvalue weighted by molar-refractivity contribution is -0.140. The van der Waals surface area contributed by atoms with E-state index in [0.29, 0.717) is 32.7 Å². The Morgan fingerprint density at radius 1 is 0.960 bits per heavy atom. The van der Waals surface area contributed by atoms with Crippen LogP contribution in [0.15, 0.2) is 83.9 Å². The second-order valence-electron chi connectivity index (χ2n) is 14.0. The highest BCUT2D eigenvalue weighted by Gasteiger charge is 2.42. The van der Waals surface area contributed by atoms with E-state index in [1.54, 1.807) is 4.90 Å². The summed E-state index contributed by atoms with van der Waals surface area (Å²) in [7, 11) is 0. The zero-order valence-corrected chi connectivity index (χ0v) is 30.5. The molecule has 10 heteroatoms. The number of imidazole rings is 1. The molecular formula is C40H47BrN6O3. The molecule has 4 aromatic rings. The molecule has 1 saturated heterocycles. The third-order valence-corrected chi connectivity index (χ3v) is 10.9. The van der Waals surface area contributed by atoms with Gasteiger partial charge in [-0.2, -0.15) is 0 Å². The first kappa shape index (κ1) is 34.4. The Kier molecular flexibility index (Phi) is 10.9. The van der Waals surface area contributed by atoms with Crippen molar-refractivity contribution >= 4 is 27.9 Å². The average Bonchev–Trinajstić information content (AvgIpc) is 3.48. The highest BCUT2D eigenvalue weighted by molar-refractivity contribution is 9.10. The summed E-state index contributed by atoms with van der Waals surface area (Å²) in [6.45, 7) is 5.16. The Balaban J connectivity index is 1.21. The van der Waals surface area contributed by atoms with Gasteiger partial charge >= 0.3 is 6.09 Å². The van der Waals surface area contributed by atoms with E-state index in [2.05, 4.69) is 72.8 Å². The van der Waals surface area contributed by atoms with Crippen molar-refractivity contribution in [3.63, 3.8) is 0 Å². The molecule has 2 aliphatic carbocycles. The van der Waals surface area contributed by atoms with Crippen molar-refractivity contribution in [1.29, 1.82) is 0 Å². The van der Waals surface area contributed by atoms with Gasteiger partial charge in [0.15, 0.2) is 0 Å². The molecule has 9 nitrogen and oxygen atoms in total. The lowest BCUT2D eigenvalue weighted by Crippen LogP contribution is -2.62. The molecule has 0 spiro atoms. The van der Waals surface area contributed by atoms with Crippen LogP contribution in [0.25, 0.3) is 0 Å². The zero-order chi connectivity index (χ0) is 34.5. The SMILES string of the molecule is Cc1cn(CCCN(Cc2ccccc2)C(=O)[C@H]2CN([C@@H]3c4ccccc4CCc4cc(Br)cnc43)CCN2C(=O)OC2CCCCC2)cn1. The minimum atomic E-state index is -0.701. The van der Waals surface area contributed by atoms with Gasteiger partial charge in [-0.05, 0) is 96.1 Å². The Morgan fingerprint density at radius 3 is 2.54 bits per heavy atom. The van der Waals surface area contributed by atoms with Crippen LogP contribution in [0.2, 0.25) is 0 Å². The first-order valence-corrected chi connectivity index (χ1v) is 19.0. The van der Waals surface area contributed by atoms with Gasteiger partial charge in [0.05, 0.1) is 23.8 Å². The number of ether oxygens (including phenoxy) is 1. The van der Waals surface area contributed by atoms with Gasteiger partial charge in [0.2, 0.25) is 5.91 Å². The zero-order valence-electron chi connectivity index (χ0n) is 28.9. The van der Waals surface area contributed by atoms with Gasteiger partial charge in [-0.25, -0.2) is 9.78 Å². The highest BCUT2D eigenvalue weighted by atomic mass is 79.9. The number of aromatic nitrogens is 3. The van der Waals surface area contributed by atoms with Gasteiger partial charge in [0.1, 0.15) is 12.1 Å². The van der Waals surface area contributed by atoms with Crippen LogP contribution in [0.3, 0.4) is 0 Å². The highest BCUT2D eigenvalue weighted by Crippen LogP contribution is 2.38. The molecule has 0 bridgehead atoms. The number of amides is 2. The van der Waals surface area contributed by atoms with Crippen LogP contribution in [-0.2, 0) is 35.5 Å². The van der Waals surface area contributed by atoms with Crippen molar-refractivity contribution < 1.29 is 14.3 Å². The third-order valence-electron chi connectivity index (χ3n) is 10.5. The number of piperazine rings is 1. The largest absolute Gasteiger partial charge is 0.446 e. The summed E-state index contributed by atoms with van der Waals surface area (Å²) in [5, 5.41) is 0. The smallest absolute Gasteiger partial charge is 0.410 e. The summed E-state index contributed by atoms with van der Waals surface area (Å²) in [5.41, 5.74) is 6.79. The van der Waals surface area contributed by atoms with Gasteiger partial charge in [-0.3, -0.25) is 19.6 Å². The van der Waals surface area contributed by atoms with Crippen LogP contribution in [0.5, 0.6) is 0 Å². The fraction of sp³-hybridized carbons (Fsp3) is 0.450. The Morgan fingerprint density at radius 2 is 1.74 bits per heavy atom. The summed E-state index contributed by atoms with van der Waals surface area (Å²) >= 11 is 3.65. The molecule has 3 heterocycles. The Hall–Kier alpha value is -4.02. The molecule has 0 radical (unpaired) electrons. The van der Waals surface area contributed by atoms with Crippen molar-refractivity contribution in [3.05, 3.63) is 117 Å². The van der Waals surface area contributed by atoms with Crippen molar-refractivity contribution in [2.45, 2.75) is 89.6 Å². The molecule has 1 saturated carbocycles. The number of carbonyl (C=O) groups is 2. The quantitative estimate of drug-likeness (QED) is 0.182. The van der Waals surface area contributed by atoms with E-state index in [9.17, 15) is 9.59 Å². The lowest BCUT2D eigenvalue weighted by Gasteiger charge is -2.45. The molecule has 3 aliphatic rings. The van der Waals surface area contributed by atoms with Crippen LogP contribution < -0.4 is 0 Å². The van der Waals surface area contributed by atoms with Gasteiger partial charge in [0.25, 0.3) is 0 Å². The normalized spacial score (nSPS) is 19.7.